The molecule has 2 fully saturated rings. The number of carbonyl (C=O) groups excluding carboxylic acids is 1. The Morgan fingerprint density at radius 3 is 2.24 bits per heavy atom. The molecule has 1 aromatic heterocycles. The van der Waals surface area contributed by atoms with E-state index in [-0.39, 0.29) is 23.4 Å². The van der Waals surface area contributed by atoms with E-state index in [1.807, 2.05) is 35.2 Å². The minimum atomic E-state index is -0.960. The largest absolute Gasteiger partial charge is 0.478 e. The van der Waals surface area contributed by atoms with E-state index in [0.29, 0.717) is 17.0 Å². The zero-order chi connectivity index (χ0) is 23.5. The van der Waals surface area contributed by atoms with Crippen LogP contribution in [0, 0.1) is 11.8 Å². The normalized spacial score (nSPS) is 22.4. The molecule has 0 unspecified atom stereocenters. The molecule has 2 aromatic rings. The molecule has 0 spiro atoms. The number of aromatic carboxylic acids is 1. The molecule has 6 heteroatoms. The Morgan fingerprint density at radius 1 is 1.03 bits per heavy atom. The molecule has 1 N–H and O–H groups in total. The van der Waals surface area contributed by atoms with Crippen molar-refractivity contribution in [2.75, 3.05) is 18.0 Å². The Labute approximate surface area is 201 Å². The predicted molar refractivity (Wildman–Crippen MR) is 135 cm³/mol. The van der Waals surface area contributed by atoms with Crippen molar-refractivity contribution in [2.45, 2.75) is 71.4 Å². The van der Waals surface area contributed by atoms with Crippen LogP contribution in [0.2, 0.25) is 0 Å². The van der Waals surface area contributed by atoms with E-state index in [9.17, 15) is 14.7 Å². The number of thiophene rings is 1. The van der Waals surface area contributed by atoms with E-state index in [0.717, 1.165) is 62.1 Å². The monoisotopic (exact) mass is 468 g/mol. The summed E-state index contributed by atoms with van der Waals surface area (Å²) in [6.45, 7) is 8.55. The number of carboxylic acid groups (broad SMARTS) is 1. The molecule has 0 radical (unpaired) electrons. The molecule has 1 saturated heterocycles. The fraction of sp³-hybridized carbons (Fsp3) is 0.556. The van der Waals surface area contributed by atoms with Crippen molar-refractivity contribution >= 4 is 28.2 Å². The van der Waals surface area contributed by atoms with Crippen LogP contribution in [0.25, 0.3) is 10.4 Å². The van der Waals surface area contributed by atoms with Gasteiger partial charge < -0.3 is 10.0 Å². The number of carboxylic acids is 1. The lowest BCUT2D eigenvalue weighted by molar-refractivity contribution is -0.124. The molecule has 4 rings (SSSR count). The zero-order valence-corrected chi connectivity index (χ0v) is 20.8. The highest BCUT2D eigenvalue weighted by atomic mass is 32.1. The Morgan fingerprint density at radius 2 is 1.67 bits per heavy atom. The van der Waals surface area contributed by atoms with E-state index >= 15 is 0 Å². The molecule has 2 heterocycles. The van der Waals surface area contributed by atoms with Crippen molar-refractivity contribution in [2.24, 2.45) is 11.8 Å². The van der Waals surface area contributed by atoms with Gasteiger partial charge >= 0.3 is 5.97 Å². The van der Waals surface area contributed by atoms with Gasteiger partial charge in [0.1, 0.15) is 5.00 Å². The number of rotatable bonds is 6. The quantitative estimate of drug-likeness (QED) is 0.553. The van der Waals surface area contributed by atoms with Gasteiger partial charge in [-0.25, -0.2) is 4.79 Å². The second-order valence-electron chi connectivity index (χ2n) is 10.0. The van der Waals surface area contributed by atoms with E-state index in [1.165, 1.54) is 11.3 Å². The summed E-state index contributed by atoms with van der Waals surface area (Å²) in [5.41, 5.74) is 1.24. The van der Waals surface area contributed by atoms with E-state index in [4.69, 9.17) is 0 Å². The van der Waals surface area contributed by atoms with Gasteiger partial charge in [-0.1, -0.05) is 37.3 Å². The second-order valence-corrected chi connectivity index (χ2v) is 11.1. The summed E-state index contributed by atoms with van der Waals surface area (Å²) in [4.78, 5) is 31.5. The molecule has 1 aliphatic heterocycles. The lowest BCUT2D eigenvalue weighted by Crippen LogP contribution is -2.51. The summed E-state index contributed by atoms with van der Waals surface area (Å²) in [5, 5.41) is 10.7. The first-order chi connectivity index (χ1) is 15.8. The topological polar surface area (TPSA) is 60.9 Å². The summed E-state index contributed by atoms with van der Waals surface area (Å²) in [6, 6.07) is 12.2. The highest BCUT2D eigenvalue weighted by Gasteiger charge is 2.37. The highest BCUT2D eigenvalue weighted by molar-refractivity contribution is 7.20. The zero-order valence-electron chi connectivity index (χ0n) is 20.0. The molecule has 5 nitrogen and oxygen atoms in total. The Hall–Kier alpha value is -2.18. The Balaban J connectivity index is 1.70. The molecule has 1 aliphatic carbocycles. The van der Waals surface area contributed by atoms with Crippen LogP contribution in [0.1, 0.15) is 69.7 Å². The molecule has 33 heavy (non-hydrogen) atoms. The fourth-order valence-electron chi connectivity index (χ4n) is 5.27. The van der Waals surface area contributed by atoms with Gasteiger partial charge in [0.15, 0.2) is 0 Å². The maximum Gasteiger partial charge on any atom is 0.338 e. The maximum atomic E-state index is 14.0. The molecule has 1 aromatic carbocycles. The molecule has 2 aliphatic rings. The van der Waals surface area contributed by atoms with Gasteiger partial charge in [0, 0.05) is 36.0 Å². The van der Waals surface area contributed by atoms with Crippen molar-refractivity contribution in [3.05, 3.63) is 42.0 Å². The number of amides is 1. The standard InChI is InChI=1S/C27H36N2O3S/c1-18(2)28-15-13-22(14-16-28)29(25(30)21-11-9-19(3)10-12-21)26-23(27(31)32)17-24(33-26)20-7-5-4-6-8-20/h4-8,17-19,21-22H,9-16H2,1-3H3,(H,31,32). The Bertz CT molecular complexity index is 955. The smallest absolute Gasteiger partial charge is 0.338 e. The first-order valence-electron chi connectivity index (χ1n) is 12.3. The van der Waals surface area contributed by atoms with Gasteiger partial charge in [0.25, 0.3) is 0 Å². The van der Waals surface area contributed by atoms with Crippen LogP contribution in [0.15, 0.2) is 36.4 Å². The number of hydrogen-bond acceptors (Lipinski definition) is 4. The predicted octanol–water partition coefficient (Wildman–Crippen LogP) is 6.15. The molecule has 1 amide bonds. The first kappa shape index (κ1) is 24.0. The van der Waals surface area contributed by atoms with Crippen LogP contribution in [0.4, 0.5) is 5.00 Å². The van der Waals surface area contributed by atoms with Crippen LogP contribution in [-0.2, 0) is 4.79 Å². The molecular weight excluding hydrogens is 432 g/mol. The summed E-state index contributed by atoms with van der Waals surface area (Å²) in [5.74, 6) is -0.169. The minimum Gasteiger partial charge on any atom is -0.478 e. The summed E-state index contributed by atoms with van der Waals surface area (Å²) in [6.07, 6.45) is 5.71. The number of piperidine rings is 1. The third-order valence-electron chi connectivity index (χ3n) is 7.42. The maximum absolute atomic E-state index is 14.0. The third-order valence-corrected chi connectivity index (χ3v) is 8.60. The molecule has 1 saturated carbocycles. The van der Waals surface area contributed by atoms with Gasteiger partial charge in [-0.15, -0.1) is 11.3 Å². The average molecular weight is 469 g/mol. The summed E-state index contributed by atoms with van der Waals surface area (Å²) < 4.78 is 0. The second kappa shape index (κ2) is 10.4. The van der Waals surface area contributed by atoms with Crippen molar-refractivity contribution in [1.82, 2.24) is 4.90 Å². The van der Waals surface area contributed by atoms with Crippen molar-refractivity contribution in [1.29, 1.82) is 0 Å². The number of likely N-dealkylation sites (tertiary alicyclic amines) is 1. The van der Waals surface area contributed by atoms with Crippen molar-refractivity contribution in [3.8, 4) is 10.4 Å². The summed E-state index contributed by atoms with van der Waals surface area (Å²) >= 11 is 1.45. The number of benzene rings is 1. The lowest BCUT2D eigenvalue weighted by Gasteiger charge is -2.41. The van der Waals surface area contributed by atoms with Gasteiger partial charge in [0.05, 0.1) is 5.56 Å². The first-order valence-corrected chi connectivity index (χ1v) is 13.2. The van der Waals surface area contributed by atoms with Gasteiger partial charge in [-0.2, -0.15) is 0 Å². The van der Waals surface area contributed by atoms with Crippen molar-refractivity contribution in [3.63, 3.8) is 0 Å². The SMILES string of the molecule is CC1CCC(C(=O)N(c2sc(-c3ccccc3)cc2C(=O)O)C2CCN(C(C)C)CC2)CC1. The highest BCUT2D eigenvalue weighted by Crippen LogP contribution is 2.42. The van der Waals surface area contributed by atoms with Crippen LogP contribution in [-0.4, -0.2) is 47.1 Å². The average Bonchev–Trinajstić information content (AvgIpc) is 3.26. The number of nitrogens with zero attached hydrogens (tertiary/aromatic N) is 2. The summed E-state index contributed by atoms with van der Waals surface area (Å²) in [7, 11) is 0. The van der Waals surface area contributed by atoms with Gasteiger partial charge in [-0.3, -0.25) is 9.69 Å². The molecule has 0 atom stereocenters. The minimum absolute atomic E-state index is 0.00625. The Kier molecular flexibility index (Phi) is 7.55. The third kappa shape index (κ3) is 5.33. The van der Waals surface area contributed by atoms with E-state index in [2.05, 4.69) is 25.7 Å². The van der Waals surface area contributed by atoms with Crippen molar-refractivity contribution < 1.29 is 14.7 Å². The van der Waals surface area contributed by atoms with Crippen LogP contribution < -0.4 is 4.90 Å². The number of carbonyl (C=O) groups is 2. The van der Waals surface area contributed by atoms with E-state index < -0.39 is 5.97 Å². The molecule has 178 valence electrons. The van der Waals surface area contributed by atoms with Crippen LogP contribution >= 0.6 is 11.3 Å². The lowest BCUT2D eigenvalue weighted by atomic mass is 9.82. The number of anilines is 1. The molecular formula is C27H36N2O3S. The van der Waals surface area contributed by atoms with Gasteiger partial charge in [0.2, 0.25) is 5.91 Å². The van der Waals surface area contributed by atoms with Crippen LogP contribution in [0.3, 0.4) is 0 Å². The van der Waals surface area contributed by atoms with E-state index in [1.54, 1.807) is 6.07 Å². The van der Waals surface area contributed by atoms with Crippen LogP contribution in [0.5, 0.6) is 0 Å². The number of hydrogen-bond donors (Lipinski definition) is 1. The molecule has 0 bridgehead atoms. The van der Waals surface area contributed by atoms with Gasteiger partial charge in [-0.05, 0) is 69.9 Å². The fourth-order valence-corrected chi connectivity index (χ4v) is 6.50.